The minimum atomic E-state index is -0.473. The maximum Gasteiger partial charge on any atom is 0.106 e. The van der Waals surface area contributed by atoms with E-state index in [-0.39, 0.29) is 0 Å². The Morgan fingerprint density at radius 2 is 1.75 bits per heavy atom. The van der Waals surface area contributed by atoms with E-state index in [4.69, 9.17) is 14.7 Å². The average molecular weight is 228 g/mol. The van der Waals surface area contributed by atoms with Crippen molar-refractivity contribution in [2.45, 2.75) is 39.2 Å². The first kappa shape index (κ1) is 15.4. The first-order valence-electron chi connectivity index (χ1n) is 6.00. The van der Waals surface area contributed by atoms with Gasteiger partial charge in [0.25, 0.3) is 0 Å². The van der Waals surface area contributed by atoms with Crippen molar-refractivity contribution in [2.24, 2.45) is 0 Å². The van der Waals surface area contributed by atoms with Gasteiger partial charge in [-0.3, -0.25) is 5.32 Å². The molecule has 0 spiro atoms. The quantitative estimate of drug-likeness (QED) is 0.578. The summed E-state index contributed by atoms with van der Waals surface area (Å²) in [5.74, 6) is 0. The van der Waals surface area contributed by atoms with Crippen molar-refractivity contribution in [3.63, 3.8) is 0 Å². The van der Waals surface area contributed by atoms with Crippen molar-refractivity contribution < 1.29 is 9.47 Å². The minimum Gasteiger partial charge on any atom is -0.379 e. The van der Waals surface area contributed by atoms with Gasteiger partial charge in [0.2, 0.25) is 0 Å². The zero-order valence-electron chi connectivity index (χ0n) is 10.7. The van der Waals surface area contributed by atoms with Crippen LogP contribution in [0.4, 0.5) is 0 Å². The van der Waals surface area contributed by atoms with Crippen LogP contribution in [0.2, 0.25) is 0 Å². The van der Waals surface area contributed by atoms with Crippen LogP contribution in [0, 0.1) is 11.3 Å². The summed E-state index contributed by atoms with van der Waals surface area (Å²) in [4.78, 5) is 0. The van der Waals surface area contributed by atoms with Crippen LogP contribution in [0.25, 0.3) is 0 Å². The third-order valence-electron chi connectivity index (χ3n) is 2.28. The number of hydrogen-bond acceptors (Lipinski definition) is 4. The molecule has 0 aromatic heterocycles. The number of nitrogens with zero attached hydrogens (tertiary/aromatic N) is 1. The molecule has 0 aliphatic rings. The standard InChI is InChI=1S/C12H24N2O2/c1-4-7-15-9-10-16-8-6-12(3,11-13)14-5-2/h14H,4-10H2,1-3H3. The van der Waals surface area contributed by atoms with Gasteiger partial charge in [0.1, 0.15) is 5.54 Å². The third-order valence-corrected chi connectivity index (χ3v) is 2.28. The summed E-state index contributed by atoms with van der Waals surface area (Å²) in [5.41, 5.74) is -0.473. The second-order valence-electron chi connectivity index (χ2n) is 3.95. The summed E-state index contributed by atoms with van der Waals surface area (Å²) in [6.07, 6.45) is 1.73. The molecular weight excluding hydrogens is 204 g/mol. The number of nitriles is 1. The van der Waals surface area contributed by atoms with Crippen molar-refractivity contribution in [3.8, 4) is 6.07 Å². The summed E-state index contributed by atoms with van der Waals surface area (Å²) >= 11 is 0. The Morgan fingerprint density at radius 1 is 1.12 bits per heavy atom. The molecule has 94 valence electrons. The fraction of sp³-hybridized carbons (Fsp3) is 0.917. The molecule has 16 heavy (non-hydrogen) atoms. The van der Waals surface area contributed by atoms with Crippen LogP contribution in [-0.2, 0) is 9.47 Å². The topological polar surface area (TPSA) is 54.3 Å². The highest BCUT2D eigenvalue weighted by atomic mass is 16.5. The molecule has 0 saturated carbocycles. The van der Waals surface area contributed by atoms with Gasteiger partial charge in [0, 0.05) is 19.6 Å². The fourth-order valence-electron chi connectivity index (χ4n) is 1.32. The maximum atomic E-state index is 9.00. The van der Waals surface area contributed by atoms with E-state index < -0.39 is 5.54 Å². The molecule has 4 nitrogen and oxygen atoms in total. The summed E-state index contributed by atoms with van der Waals surface area (Å²) in [6.45, 7) is 9.39. The van der Waals surface area contributed by atoms with Crippen LogP contribution in [0.3, 0.4) is 0 Å². The predicted octanol–water partition coefficient (Wildman–Crippen LogP) is 1.71. The van der Waals surface area contributed by atoms with E-state index in [1.165, 1.54) is 0 Å². The molecule has 1 unspecified atom stereocenters. The Morgan fingerprint density at radius 3 is 2.25 bits per heavy atom. The normalized spacial score (nSPS) is 14.4. The van der Waals surface area contributed by atoms with E-state index in [2.05, 4.69) is 18.3 Å². The Balaban J connectivity index is 3.46. The van der Waals surface area contributed by atoms with Crippen molar-refractivity contribution in [3.05, 3.63) is 0 Å². The Labute approximate surface area is 98.9 Å². The molecule has 1 N–H and O–H groups in total. The van der Waals surface area contributed by atoms with Crippen molar-refractivity contribution >= 4 is 0 Å². The molecule has 0 fully saturated rings. The second-order valence-corrected chi connectivity index (χ2v) is 3.95. The molecule has 4 heteroatoms. The molecule has 0 aliphatic carbocycles. The lowest BCUT2D eigenvalue weighted by atomic mass is 10.0. The summed E-state index contributed by atoms with van der Waals surface area (Å²) in [5, 5.41) is 12.1. The largest absolute Gasteiger partial charge is 0.379 e. The highest BCUT2D eigenvalue weighted by Gasteiger charge is 2.21. The van der Waals surface area contributed by atoms with Gasteiger partial charge in [0.15, 0.2) is 0 Å². The molecule has 1 atom stereocenters. The summed E-state index contributed by atoms with van der Waals surface area (Å²) in [6, 6.07) is 2.27. The molecule has 0 rings (SSSR count). The predicted molar refractivity (Wildman–Crippen MR) is 64.2 cm³/mol. The van der Waals surface area contributed by atoms with E-state index in [9.17, 15) is 0 Å². The maximum absolute atomic E-state index is 9.00. The average Bonchev–Trinajstić information content (AvgIpc) is 2.28. The third kappa shape index (κ3) is 7.63. The van der Waals surface area contributed by atoms with Gasteiger partial charge < -0.3 is 9.47 Å². The van der Waals surface area contributed by atoms with Crippen molar-refractivity contribution in [1.29, 1.82) is 5.26 Å². The molecule has 0 aromatic carbocycles. The first-order valence-corrected chi connectivity index (χ1v) is 6.00. The highest BCUT2D eigenvalue weighted by molar-refractivity contribution is 5.03. The lowest BCUT2D eigenvalue weighted by Crippen LogP contribution is -2.41. The smallest absolute Gasteiger partial charge is 0.106 e. The molecule has 0 bridgehead atoms. The van der Waals surface area contributed by atoms with E-state index in [0.717, 1.165) is 19.6 Å². The van der Waals surface area contributed by atoms with Crippen LogP contribution in [0.5, 0.6) is 0 Å². The SMILES string of the molecule is CCCOCCOCCC(C)(C#N)NCC. The number of nitrogens with one attached hydrogen (secondary N) is 1. The molecule has 0 saturated heterocycles. The molecule has 0 radical (unpaired) electrons. The molecule has 0 aliphatic heterocycles. The first-order chi connectivity index (χ1) is 7.68. The van der Waals surface area contributed by atoms with Crippen LogP contribution in [-0.4, -0.2) is 38.5 Å². The Kier molecular flexibility index (Phi) is 9.21. The van der Waals surface area contributed by atoms with Gasteiger partial charge in [-0.05, 0) is 19.9 Å². The lowest BCUT2D eigenvalue weighted by Gasteiger charge is -2.22. The van der Waals surface area contributed by atoms with Gasteiger partial charge in [-0.2, -0.15) is 5.26 Å². The summed E-state index contributed by atoms with van der Waals surface area (Å²) in [7, 11) is 0. The highest BCUT2D eigenvalue weighted by Crippen LogP contribution is 2.07. The zero-order chi connectivity index (χ0) is 12.3. The van der Waals surface area contributed by atoms with Gasteiger partial charge in [0.05, 0.1) is 19.3 Å². The van der Waals surface area contributed by atoms with Gasteiger partial charge in [-0.15, -0.1) is 0 Å². The van der Waals surface area contributed by atoms with Crippen LogP contribution in [0.1, 0.15) is 33.6 Å². The minimum absolute atomic E-state index is 0.473. The second kappa shape index (κ2) is 9.59. The Hall–Kier alpha value is -0.630. The van der Waals surface area contributed by atoms with E-state index >= 15 is 0 Å². The van der Waals surface area contributed by atoms with Crippen LogP contribution in [0.15, 0.2) is 0 Å². The molecule has 0 heterocycles. The van der Waals surface area contributed by atoms with Crippen LogP contribution >= 0.6 is 0 Å². The van der Waals surface area contributed by atoms with Crippen LogP contribution < -0.4 is 5.32 Å². The van der Waals surface area contributed by atoms with Gasteiger partial charge >= 0.3 is 0 Å². The molecular formula is C12H24N2O2. The van der Waals surface area contributed by atoms with Gasteiger partial charge in [-0.1, -0.05) is 13.8 Å². The van der Waals surface area contributed by atoms with Gasteiger partial charge in [-0.25, -0.2) is 0 Å². The number of hydrogen-bond donors (Lipinski definition) is 1. The molecule has 0 amide bonds. The van der Waals surface area contributed by atoms with E-state index in [1.54, 1.807) is 0 Å². The fourth-order valence-corrected chi connectivity index (χ4v) is 1.32. The zero-order valence-corrected chi connectivity index (χ0v) is 10.7. The Bertz CT molecular complexity index is 204. The molecule has 0 aromatic rings. The summed E-state index contributed by atoms with van der Waals surface area (Å²) < 4.78 is 10.7. The van der Waals surface area contributed by atoms with E-state index in [1.807, 2.05) is 13.8 Å². The number of rotatable bonds is 10. The van der Waals surface area contributed by atoms with Crippen molar-refractivity contribution in [2.75, 3.05) is 33.0 Å². The number of ether oxygens (including phenoxy) is 2. The van der Waals surface area contributed by atoms with E-state index in [0.29, 0.717) is 26.2 Å². The lowest BCUT2D eigenvalue weighted by molar-refractivity contribution is 0.0427. The van der Waals surface area contributed by atoms with Crippen molar-refractivity contribution in [1.82, 2.24) is 5.32 Å². The monoisotopic (exact) mass is 228 g/mol.